The van der Waals surface area contributed by atoms with Crippen molar-refractivity contribution in [1.29, 1.82) is 0 Å². The monoisotopic (exact) mass is 291 g/mol. The smallest absolute Gasteiger partial charge is 0.312 e. The van der Waals surface area contributed by atoms with Crippen molar-refractivity contribution >= 4 is 23.3 Å². The molecule has 7 N–H and O–H groups in total. The molecule has 7 nitrogen and oxygen atoms in total. The van der Waals surface area contributed by atoms with Gasteiger partial charge in [0.1, 0.15) is 0 Å². The van der Waals surface area contributed by atoms with Gasteiger partial charge in [-0.1, -0.05) is 0 Å². The number of carbonyl (C=O) groups excluding carboxylic acids is 2. The zero-order valence-electron chi connectivity index (χ0n) is 11.8. The van der Waals surface area contributed by atoms with Gasteiger partial charge in [0.05, 0.1) is 5.56 Å². The topological polar surface area (TPSA) is 127 Å². The molecule has 0 aliphatic carbocycles. The quantitative estimate of drug-likeness (QED) is 0.600. The van der Waals surface area contributed by atoms with Gasteiger partial charge in [-0.25, -0.2) is 4.79 Å². The number of carbonyl (C=O) groups is 2. The Morgan fingerprint density at radius 1 is 1.33 bits per heavy atom. The fourth-order valence-corrected chi connectivity index (χ4v) is 2.61. The first-order chi connectivity index (χ1) is 9.97. The molecule has 0 aromatic heterocycles. The SMILES string of the molecule is NC(=O)NCC1CCCN(C(=O)c2ccc(N)cc2N)C1. The Bertz CT molecular complexity index is 546. The van der Waals surface area contributed by atoms with Gasteiger partial charge >= 0.3 is 6.03 Å². The Morgan fingerprint density at radius 3 is 2.76 bits per heavy atom. The molecule has 1 aromatic carbocycles. The van der Waals surface area contributed by atoms with Gasteiger partial charge in [-0.2, -0.15) is 0 Å². The van der Waals surface area contributed by atoms with E-state index in [0.29, 0.717) is 36.6 Å². The number of nitrogen functional groups attached to an aromatic ring is 2. The molecule has 7 heteroatoms. The number of primary amides is 1. The van der Waals surface area contributed by atoms with Crippen molar-refractivity contribution in [1.82, 2.24) is 10.2 Å². The molecule has 2 rings (SSSR count). The Hall–Kier alpha value is -2.44. The summed E-state index contributed by atoms with van der Waals surface area (Å²) in [6.45, 7) is 1.76. The number of hydrogen-bond donors (Lipinski definition) is 4. The van der Waals surface area contributed by atoms with E-state index >= 15 is 0 Å². The molecule has 1 atom stereocenters. The highest BCUT2D eigenvalue weighted by molar-refractivity contribution is 5.99. The summed E-state index contributed by atoms with van der Waals surface area (Å²) in [7, 11) is 0. The van der Waals surface area contributed by atoms with Crippen LogP contribution in [0.15, 0.2) is 18.2 Å². The number of nitrogens with two attached hydrogens (primary N) is 3. The molecule has 21 heavy (non-hydrogen) atoms. The second kappa shape index (κ2) is 6.34. The maximum absolute atomic E-state index is 12.5. The van der Waals surface area contributed by atoms with Crippen LogP contribution in [0, 0.1) is 5.92 Å². The van der Waals surface area contributed by atoms with Crippen LogP contribution in [-0.4, -0.2) is 36.5 Å². The van der Waals surface area contributed by atoms with Gasteiger partial charge in [0.2, 0.25) is 0 Å². The standard InChI is InChI=1S/C14H21N5O2/c15-10-3-4-11(12(16)6-10)13(20)19-5-1-2-9(8-19)7-18-14(17)21/h3-4,6,9H,1-2,5,7-8,15-16H2,(H3,17,18,21). The van der Waals surface area contributed by atoms with Crippen LogP contribution in [0.5, 0.6) is 0 Å². The molecular formula is C14H21N5O2. The summed E-state index contributed by atoms with van der Waals surface area (Å²) in [5.41, 5.74) is 18.0. The van der Waals surface area contributed by atoms with E-state index < -0.39 is 6.03 Å². The third-order valence-corrected chi connectivity index (χ3v) is 3.68. The Kier molecular flexibility index (Phi) is 4.52. The molecule has 1 aliphatic heterocycles. The summed E-state index contributed by atoms with van der Waals surface area (Å²) in [6.07, 6.45) is 1.85. The molecule has 1 fully saturated rings. The number of urea groups is 1. The number of hydrogen-bond acceptors (Lipinski definition) is 4. The minimum atomic E-state index is -0.541. The first kappa shape index (κ1) is 15.0. The zero-order valence-corrected chi connectivity index (χ0v) is 11.8. The van der Waals surface area contributed by atoms with Gasteiger partial charge in [0.15, 0.2) is 0 Å². The van der Waals surface area contributed by atoms with Crippen LogP contribution in [0.1, 0.15) is 23.2 Å². The van der Waals surface area contributed by atoms with Crippen molar-refractivity contribution in [3.63, 3.8) is 0 Å². The van der Waals surface area contributed by atoms with Crippen molar-refractivity contribution in [2.24, 2.45) is 11.7 Å². The molecule has 1 saturated heterocycles. The first-order valence-corrected chi connectivity index (χ1v) is 6.95. The van der Waals surface area contributed by atoms with Crippen LogP contribution >= 0.6 is 0 Å². The number of amides is 3. The van der Waals surface area contributed by atoms with Gasteiger partial charge in [-0.05, 0) is 37.0 Å². The molecule has 0 saturated carbocycles. The average molecular weight is 291 g/mol. The molecule has 0 bridgehead atoms. The minimum absolute atomic E-state index is 0.101. The summed E-state index contributed by atoms with van der Waals surface area (Å²) in [4.78, 5) is 25.0. The van der Waals surface area contributed by atoms with Gasteiger partial charge in [-0.15, -0.1) is 0 Å². The van der Waals surface area contributed by atoms with Crippen LogP contribution in [0.3, 0.4) is 0 Å². The lowest BCUT2D eigenvalue weighted by Crippen LogP contribution is -2.44. The minimum Gasteiger partial charge on any atom is -0.399 e. The summed E-state index contributed by atoms with van der Waals surface area (Å²) in [5.74, 6) is 0.112. The van der Waals surface area contributed by atoms with E-state index in [-0.39, 0.29) is 11.8 Å². The lowest BCUT2D eigenvalue weighted by molar-refractivity contribution is 0.0676. The molecule has 0 spiro atoms. The zero-order chi connectivity index (χ0) is 15.4. The van der Waals surface area contributed by atoms with E-state index in [2.05, 4.69) is 5.32 Å². The highest BCUT2D eigenvalue weighted by Gasteiger charge is 2.25. The van der Waals surface area contributed by atoms with Crippen molar-refractivity contribution in [2.45, 2.75) is 12.8 Å². The van der Waals surface area contributed by atoms with E-state index in [1.165, 1.54) is 0 Å². The predicted octanol–water partition coefficient (Wildman–Crippen LogP) is 0.372. The fourth-order valence-electron chi connectivity index (χ4n) is 2.61. The second-order valence-electron chi connectivity index (χ2n) is 5.35. The Balaban J connectivity index is 2.03. The Labute approximate surface area is 123 Å². The maximum atomic E-state index is 12.5. The number of piperidine rings is 1. The Morgan fingerprint density at radius 2 is 2.10 bits per heavy atom. The summed E-state index contributed by atoms with van der Waals surface area (Å²) < 4.78 is 0. The lowest BCUT2D eigenvalue weighted by atomic mass is 9.97. The summed E-state index contributed by atoms with van der Waals surface area (Å²) in [6, 6.07) is 4.36. The number of nitrogens with zero attached hydrogens (tertiary/aromatic N) is 1. The van der Waals surface area contributed by atoms with E-state index in [1.54, 1.807) is 23.1 Å². The highest BCUT2D eigenvalue weighted by atomic mass is 16.2. The second-order valence-corrected chi connectivity index (χ2v) is 5.35. The molecule has 1 aromatic rings. The fraction of sp³-hybridized carbons (Fsp3) is 0.429. The number of likely N-dealkylation sites (tertiary alicyclic amines) is 1. The average Bonchev–Trinajstić information content (AvgIpc) is 2.45. The van der Waals surface area contributed by atoms with Crippen molar-refractivity contribution in [2.75, 3.05) is 31.1 Å². The van der Waals surface area contributed by atoms with E-state index in [1.807, 2.05) is 0 Å². The largest absolute Gasteiger partial charge is 0.399 e. The third kappa shape index (κ3) is 3.77. The van der Waals surface area contributed by atoms with E-state index in [4.69, 9.17) is 17.2 Å². The van der Waals surface area contributed by atoms with Gasteiger partial charge < -0.3 is 27.4 Å². The molecule has 0 radical (unpaired) electrons. The summed E-state index contributed by atoms with van der Waals surface area (Å²) in [5, 5.41) is 2.59. The van der Waals surface area contributed by atoms with Crippen LogP contribution in [0.4, 0.5) is 16.2 Å². The van der Waals surface area contributed by atoms with Crippen LogP contribution in [0.25, 0.3) is 0 Å². The third-order valence-electron chi connectivity index (χ3n) is 3.68. The molecule has 114 valence electrons. The number of nitrogens with one attached hydrogen (secondary N) is 1. The number of rotatable bonds is 3. The van der Waals surface area contributed by atoms with Gasteiger partial charge in [0.25, 0.3) is 5.91 Å². The van der Waals surface area contributed by atoms with Crippen molar-refractivity contribution < 1.29 is 9.59 Å². The molecule has 3 amide bonds. The van der Waals surface area contributed by atoms with Gasteiger partial charge in [0, 0.05) is 31.0 Å². The first-order valence-electron chi connectivity index (χ1n) is 6.95. The number of anilines is 2. The summed E-state index contributed by atoms with van der Waals surface area (Å²) >= 11 is 0. The predicted molar refractivity (Wildman–Crippen MR) is 81.5 cm³/mol. The van der Waals surface area contributed by atoms with Crippen LogP contribution in [-0.2, 0) is 0 Å². The highest BCUT2D eigenvalue weighted by Crippen LogP contribution is 2.22. The molecule has 1 unspecified atom stereocenters. The molecule has 1 heterocycles. The van der Waals surface area contributed by atoms with Crippen LogP contribution < -0.4 is 22.5 Å². The van der Waals surface area contributed by atoms with E-state index in [0.717, 1.165) is 12.8 Å². The van der Waals surface area contributed by atoms with E-state index in [9.17, 15) is 9.59 Å². The van der Waals surface area contributed by atoms with Gasteiger partial charge in [-0.3, -0.25) is 4.79 Å². The number of benzene rings is 1. The van der Waals surface area contributed by atoms with Crippen molar-refractivity contribution in [3.05, 3.63) is 23.8 Å². The van der Waals surface area contributed by atoms with Crippen molar-refractivity contribution in [3.8, 4) is 0 Å². The lowest BCUT2D eigenvalue weighted by Gasteiger charge is -2.33. The molecule has 1 aliphatic rings. The molecular weight excluding hydrogens is 270 g/mol. The normalized spacial score (nSPS) is 18.3. The maximum Gasteiger partial charge on any atom is 0.312 e. The van der Waals surface area contributed by atoms with Crippen LogP contribution in [0.2, 0.25) is 0 Å².